The maximum atomic E-state index is 5.04. The van der Waals surface area contributed by atoms with Crippen LogP contribution >= 0.6 is 12.4 Å². The van der Waals surface area contributed by atoms with E-state index < -0.39 is 0 Å². The van der Waals surface area contributed by atoms with Gasteiger partial charge in [-0.15, -0.1) is 12.4 Å². The molecule has 0 atom stereocenters. The fourth-order valence-electron chi connectivity index (χ4n) is 0.654. The number of hydrogen-bond acceptors (Lipinski definition) is 1. The topological polar surface area (TPSA) is 9.23 Å². The molecule has 0 N–H and O–H groups in total. The van der Waals surface area contributed by atoms with Gasteiger partial charge in [-0.1, -0.05) is 0 Å². The summed E-state index contributed by atoms with van der Waals surface area (Å²) in [6.07, 6.45) is 7.55. The molecule has 3 heteroatoms. The van der Waals surface area contributed by atoms with Crippen LogP contribution in [-0.4, -0.2) is 7.11 Å². The monoisotopic (exact) mass is 180 g/mol. The van der Waals surface area contributed by atoms with Crippen LogP contribution in [-0.2, 0) is 22.9 Å². The van der Waals surface area contributed by atoms with Crippen LogP contribution in [0.5, 0.6) is 0 Å². The van der Waals surface area contributed by atoms with Crippen molar-refractivity contribution in [3.63, 3.8) is 0 Å². The van der Waals surface area contributed by atoms with Crippen molar-refractivity contribution < 1.29 is 22.9 Å². The molecule has 0 saturated heterocycles. The van der Waals surface area contributed by atoms with E-state index in [1.165, 1.54) is 3.88 Å². The van der Waals surface area contributed by atoms with Crippen molar-refractivity contribution in [2.24, 2.45) is 0 Å². The minimum absolute atomic E-state index is 0. The summed E-state index contributed by atoms with van der Waals surface area (Å²) in [4.78, 5) is 0. The fourth-order valence-corrected chi connectivity index (χ4v) is 1.63. The Bertz CT molecular complexity index is 131. The van der Waals surface area contributed by atoms with E-state index in [0.29, 0.717) is 0 Å². The Morgan fingerprint density at radius 1 is 1.67 bits per heavy atom. The summed E-state index contributed by atoms with van der Waals surface area (Å²) in [5.41, 5.74) is 0. The Kier molecular flexibility index (Phi) is 5.51. The van der Waals surface area contributed by atoms with Gasteiger partial charge in [-0.2, -0.15) is 0 Å². The van der Waals surface area contributed by atoms with Crippen LogP contribution in [0.1, 0.15) is 6.42 Å². The molecule has 1 aliphatic carbocycles. The molecule has 0 aromatic heterocycles. The van der Waals surface area contributed by atoms with Gasteiger partial charge >= 0.3 is 58.5 Å². The van der Waals surface area contributed by atoms with Crippen molar-refractivity contribution in [2.45, 2.75) is 6.42 Å². The van der Waals surface area contributed by atoms with Gasteiger partial charge < -0.3 is 0 Å². The van der Waals surface area contributed by atoms with E-state index in [2.05, 4.69) is 18.2 Å². The quantitative estimate of drug-likeness (QED) is 0.590. The Morgan fingerprint density at radius 3 is 2.89 bits per heavy atom. The van der Waals surface area contributed by atoms with Crippen LogP contribution in [0.25, 0.3) is 0 Å². The molecule has 9 heavy (non-hydrogen) atoms. The molecular formula is C6H9ClOTi. The smallest absolute Gasteiger partial charge is 0.147 e. The second kappa shape index (κ2) is 5.25. The van der Waals surface area contributed by atoms with Gasteiger partial charge in [0.2, 0.25) is 0 Å². The van der Waals surface area contributed by atoms with Gasteiger partial charge in [-0.3, -0.25) is 0 Å². The van der Waals surface area contributed by atoms with E-state index in [-0.39, 0.29) is 31.9 Å². The number of hydrogen-bond donors (Lipinski definition) is 0. The van der Waals surface area contributed by atoms with Crippen molar-refractivity contribution in [1.29, 1.82) is 0 Å². The summed E-state index contributed by atoms with van der Waals surface area (Å²) in [5.74, 6) is 0. The largest absolute Gasteiger partial charge is 0.147 e. The molecular weight excluding hydrogens is 171 g/mol. The SMILES string of the molecule is C[O][Ti][C]1=CC=CC1.Cl. The van der Waals surface area contributed by atoms with E-state index in [9.17, 15) is 0 Å². The first-order chi connectivity index (χ1) is 3.93. The number of halogens is 1. The molecule has 1 nitrogen and oxygen atoms in total. The van der Waals surface area contributed by atoms with Crippen molar-refractivity contribution in [3.8, 4) is 0 Å². The van der Waals surface area contributed by atoms with Gasteiger partial charge in [0.05, 0.1) is 0 Å². The zero-order valence-electron chi connectivity index (χ0n) is 5.26. The molecule has 0 spiro atoms. The van der Waals surface area contributed by atoms with Crippen LogP contribution in [0.15, 0.2) is 22.1 Å². The second-order valence-corrected chi connectivity index (χ2v) is 3.59. The minimum atomic E-state index is -0.194. The van der Waals surface area contributed by atoms with E-state index in [1.807, 2.05) is 0 Å². The van der Waals surface area contributed by atoms with Crippen molar-refractivity contribution in [2.75, 3.05) is 7.11 Å². The average Bonchev–Trinajstić information content (AvgIpc) is 2.19. The van der Waals surface area contributed by atoms with Crippen LogP contribution in [0.3, 0.4) is 0 Å². The molecule has 0 aliphatic heterocycles. The standard InChI is InChI=1S/C5H5.CH3O.ClH.Ti/c1-2-4-5-3-1;1-2;;/h1-3H,4H2;1H3;1H;/q;-1;;+1. The third-order valence-corrected chi connectivity index (χ3v) is 2.31. The summed E-state index contributed by atoms with van der Waals surface area (Å²) in [6.45, 7) is 0. The summed E-state index contributed by atoms with van der Waals surface area (Å²) in [6, 6.07) is 0. The third kappa shape index (κ3) is 3.21. The zero-order chi connectivity index (χ0) is 5.82. The molecule has 0 amide bonds. The maximum absolute atomic E-state index is 5.04. The van der Waals surface area contributed by atoms with Crippen LogP contribution in [0.2, 0.25) is 0 Å². The fraction of sp³-hybridized carbons (Fsp3) is 0.333. The maximum Gasteiger partial charge on any atom is -0.147 e. The molecule has 0 saturated carbocycles. The number of rotatable bonds is 2. The Hall–Kier alpha value is 0.444. The van der Waals surface area contributed by atoms with Gasteiger partial charge in [-0.25, -0.2) is 0 Å². The van der Waals surface area contributed by atoms with Crippen molar-refractivity contribution in [3.05, 3.63) is 22.1 Å². The van der Waals surface area contributed by atoms with Crippen LogP contribution < -0.4 is 0 Å². The molecule has 0 aromatic rings. The molecule has 1 rings (SSSR count). The van der Waals surface area contributed by atoms with Crippen LogP contribution in [0, 0.1) is 0 Å². The molecule has 0 unspecified atom stereocenters. The van der Waals surface area contributed by atoms with E-state index in [4.69, 9.17) is 3.32 Å². The normalized spacial score (nSPS) is 14.6. The third-order valence-electron chi connectivity index (χ3n) is 1.00. The van der Waals surface area contributed by atoms with E-state index in [0.717, 1.165) is 6.42 Å². The summed E-state index contributed by atoms with van der Waals surface area (Å²) in [7, 11) is 1.78. The zero-order valence-corrected chi connectivity index (χ0v) is 7.63. The molecule has 0 fully saturated rings. The Morgan fingerprint density at radius 2 is 2.44 bits per heavy atom. The van der Waals surface area contributed by atoms with Crippen molar-refractivity contribution >= 4 is 12.4 Å². The second-order valence-electron chi connectivity index (χ2n) is 1.63. The summed E-state index contributed by atoms with van der Waals surface area (Å²) >= 11 is -0.194. The van der Waals surface area contributed by atoms with Crippen LogP contribution in [0.4, 0.5) is 0 Å². The Labute approximate surface area is 71.0 Å². The molecule has 0 radical (unpaired) electrons. The van der Waals surface area contributed by atoms with Gasteiger partial charge in [0.25, 0.3) is 0 Å². The predicted molar refractivity (Wildman–Crippen MR) is 36.1 cm³/mol. The van der Waals surface area contributed by atoms with E-state index >= 15 is 0 Å². The molecule has 50 valence electrons. The number of allylic oxidation sites excluding steroid dienone is 4. The summed E-state index contributed by atoms with van der Waals surface area (Å²) in [5, 5.41) is 0. The molecule has 0 bridgehead atoms. The van der Waals surface area contributed by atoms with Gasteiger partial charge in [0, 0.05) is 0 Å². The first-order valence-electron chi connectivity index (χ1n) is 2.58. The van der Waals surface area contributed by atoms with E-state index in [1.54, 1.807) is 7.11 Å². The molecule has 0 aromatic carbocycles. The first-order valence-corrected chi connectivity index (χ1v) is 4.00. The average molecular weight is 180 g/mol. The minimum Gasteiger partial charge on any atom is -0.147 e. The van der Waals surface area contributed by atoms with Crippen molar-refractivity contribution in [1.82, 2.24) is 0 Å². The van der Waals surface area contributed by atoms with Gasteiger partial charge in [-0.05, 0) is 0 Å². The first kappa shape index (κ1) is 9.44. The van der Waals surface area contributed by atoms with Gasteiger partial charge in [0.15, 0.2) is 0 Å². The van der Waals surface area contributed by atoms with Gasteiger partial charge in [0.1, 0.15) is 0 Å². The molecule has 0 heterocycles. The Balaban J connectivity index is 0.000000640. The summed E-state index contributed by atoms with van der Waals surface area (Å²) < 4.78 is 6.54. The molecule has 1 aliphatic rings. The predicted octanol–water partition coefficient (Wildman–Crippen LogP) is 1.90.